The average Bonchev–Trinajstić information content (AvgIpc) is 2.59. The van der Waals surface area contributed by atoms with E-state index in [2.05, 4.69) is 16.0 Å². The van der Waals surface area contributed by atoms with Gasteiger partial charge in [-0.05, 0) is 44.2 Å². The molecule has 6 nitrogen and oxygen atoms in total. The van der Waals surface area contributed by atoms with Crippen LogP contribution in [0.3, 0.4) is 0 Å². The first kappa shape index (κ1) is 18.3. The molecule has 2 aromatic carbocycles. The van der Waals surface area contributed by atoms with Gasteiger partial charge in [-0.3, -0.25) is 9.59 Å². The zero-order chi connectivity index (χ0) is 18.2. The summed E-state index contributed by atoms with van der Waals surface area (Å²) in [6.07, 6.45) is 0.0696. The molecule has 0 aliphatic heterocycles. The van der Waals surface area contributed by atoms with Crippen LogP contribution < -0.4 is 20.7 Å². The van der Waals surface area contributed by atoms with Crippen molar-refractivity contribution in [3.05, 3.63) is 54.1 Å². The van der Waals surface area contributed by atoms with Gasteiger partial charge in [0.05, 0.1) is 12.6 Å². The van der Waals surface area contributed by atoms with Gasteiger partial charge in [0.15, 0.2) is 0 Å². The van der Waals surface area contributed by atoms with Crippen molar-refractivity contribution in [1.82, 2.24) is 5.32 Å². The molecule has 0 aliphatic carbocycles. The Kier molecular flexibility index (Phi) is 6.39. The Balaban J connectivity index is 1.92. The Hall–Kier alpha value is -3.02. The summed E-state index contributed by atoms with van der Waals surface area (Å²) in [4.78, 5) is 23.7. The van der Waals surface area contributed by atoms with Gasteiger partial charge >= 0.3 is 0 Å². The molecular weight excluding hydrogens is 318 g/mol. The predicted octanol–water partition coefficient (Wildman–Crippen LogP) is 2.88. The van der Waals surface area contributed by atoms with Crippen LogP contribution in [0.2, 0.25) is 0 Å². The fourth-order valence-corrected chi connectivity index (χ4v) is 2.22. The minimum absolute atomic E-state index is 0.0696. The van der Waals surface area contributed by atoms with E-state index in [-0.39, 0.29) is 24.5 Å². The van der Waals surface area contributed by atoms with Gasteiger partial charge in [0, 0.05) is 30.1 Å². The Morgan fingerprint density at radius 3 is 2.48 bits per heavy atom. The molecule has 0 heterocycles. The van der Waals surface area contributed by atoms with Crippen molar-refractivity contribution in [3.8, 4) is 5.75 Å². The highest BCUT2D eigenvalue weighted by molar-refractivity contribution is 5.96. The summed E-state index contributed by atoms with van der Waals surface area (Å²) in [6.45, 7) is 3.98. The van der Waals surface area contributed by atoms with E-state index in [0.29, 0.717) is 22.7 Å². The van der Waals surface area contributed by atoms with E-state index in [4.69, 9.17) is 4.74 Å². The summed E-state index contributed by atoms with van der Waals surface area (Å²) >= 11 is 0. The van der Waals surface area contributed by atoms with Gasteiger partial charge in [0.1, 0.15) is 5.75 Å². The van der Waals surface area contributed by atoms with Crippen LogP contribution >= 0.6 is 0 Å². The molecular formula is C19H23N3O3. The third-order valence-corrected chi connectivity index (χ3v) is 3.29. The summed E-state index contributed by atoms with van der Waals surface area (Å²) < 4.78 is 5.61. The van der Waals surface area contributed by atoms with Crippen molar-refractivity contribution in [1.29, 1.82) is 0 Å². The molecule has 3 N–H and O–H groups in total. The zero-order valence-corrected chi connectivity index (χ0v) is 14.6. The monoisotopic (exact) mass is 341 g/mol. The molecule has 2 rings (SSSR count). The second kappa shape index (κ2) is 8.73. The number of anilines is 2. The molecule has 0 bridgehead atoms. The lowest BCUT2D eigenvalue weighted by molar-refractivity contribution is -0.114. The lowest BCUT2D eigenvalue weighted by Crippen LogP contribution is -2.22. The summed E-state index contributed by atoms with van der Waals surface area (Å²) in [5, 5.41) is 8.39. The Morgan fingerprint density at radius 2 is 1.76 bits per heavy atom. The highest BCUT2D eigenvalue weighted by atomic mass is 16.5. The molecule has 2 aromatic rings. The number of carbonyl (C=O) groups is 2. The van der Waals surface area contributed by atoms with Crippen LogP contribution in [0.4, 0.5) is 11.4 Å². The molecule has 0 saturated carbocycles. The number of nitrogens with one attached hydrogen (secondary N) is 3. The van der Waals surface area contributed by atoms with Gasteiger partial charge in [-0.2, -0.15) is 0 Å². The highest BCUT2D eigenvalue weighted by Gasteiger charge is 2.06. The van der Waals surface area contributed by atoms with Crippen LogP contribution in [0.25, 0.3) is 0 Å². The Labute approximate surface area is 147 Å². The first-order valence-corrected chi connectivity index (χ1v) is 8.10. The van der Waals surface area contributed by atoms with Crippen molar-refractivity contribution in [2.45, 2.75) is 20.0 Å². The van der Waals surface area contributed by atoms with Crippen LogP contribution in [0.1, 0.15) is 24.2 Å². The van der Waals surface area contributed by atoms with Crippen LogP contribution in [0, 0.1) is 0 Å². The highest BCUT2D eigenvalue weighted by Crippen LogP contribution is 2.18. The fourth-order valence-electron chi connectivity index (χ4n) is 2.22. The average molecular weight is 341 g/mol. The van der Waals surface area contributed by atoms with Crippen molar-refractivity contribution in [2.24, 2.45) is 0 Å². The van der Waals surface area contributed by atoms with Crippen molar-refractivity contribution in [2.75, 3.05) is 24.2 Å². The molecule has 0 spiro atoms. The zero-order valence-electron chi connectivity index (χ0n) is 14.6. The SMILES string of the molecule is CNC(=O)c1cccc(NCC(=O)Nc2cccc(OC(C)C)c2)c1. The standard InChI is InChI=1S/C19H23N3O3/c1-13(2)25-17-9-5-8-16(11-17)22-18(23)12-21-15-7-4-6-14(10-15)19(24)20-3/h4-11,13,21H,12H2,1-3H3,(H,20,24)(H,22,23). The van der Waals surface area contributed by atoms with E-state index in [1.807, 2.05) is 26.0 Å². The summed E-state index contributed by atoms with van der Waals surface area (Å²) in [5.41, 5.74) is 1.91. The number of rotatable bonds is 7. The maximum atomic E-state index is 12.1. The summed E-state index contributed by atoms with van der Waals surface area (Å²) in [7, 11) is 1.58. The molecule has 0 aromatic heterocycles. The molecule has 0 radical (unpaired) electrons. The third kappa shape index (κ3) is 5.84. The molecule has 25 heavy (non-hydrogen) atoms. The van der Waals surface area contributed by atoms with Crippen molar-refractivity contribution >= 4 is 23.2 Å². The van der Waals surface area contributed by atoms with E-state index in [0.717, 1.165) is 0 Å². The van der Waals surface area contributed by atoms with E-state index in [1.54, 1.807) is 43.4 Å². The minimum atomic E-state index is -0.188. The van der Waals surface area contributed by atoms with Crippen LogP contribution in [0.15, 0.2) is 48.5 Å². The Morgan fingerprint density at radius 1 is 1.04 bits per heavy atom. The molecule has 132 valence electrons. The van der Waals surface area contributed by atoms with Gasteiger partial charge in [0.25, 0.3) is 5.91 Å². The number of amides is 2. The van der Waals surface area contributed by atoms with E-state index in [1.165, 1.54) is 0 Å². The number of hydrogen-bond donors (Lipinski definition) is 3. The predicted molar refractivity (Wildman–Crippen MR) is 99.2 cm³/mol. The van der Waals surface area contributed by atoms with Gasteiger partial charge in [-0.1, -0.05) is 12.1 Å². The number of ether oxygens (including phenoxy) is 1. The molecule has 0 atom stereocenters. The second-order valence-corrected chi connectivity index (χ2v) is 5.76. The molecule has 6 heteroatoms. The molecule has 0 aliphatic rings. The quantitative estimate of drug-likeness (QED) is 0.723. The molecule has 0 saturated heterocycles. The number of hydrogen-bond acceptors (Lipinski definition) is 4. The van der Waals surface area contributed by atoms with E-state index >= 15 is 0 Å². The van der Waals surface area contributed by atoms with Crippen LogP contribution in [-0.2, 0) is 4.79 Å². The third-order valence-electron chi connectivity index (χ3n) is 3.29. The normalized spacial score (nSPS) is 10.2. The number of carbonyl (C=O) groups excluding carboxylic acids is 2. The summed E-state index contributed by atoms with van der Waals surface area (Å²) in [5.74, 6) is 0.348. The molecule has 2 amide bonds. The van der Waals surface area contributed by atoms with Crippen molar-refractivity contribution < 1.29 is 14.3 Å². The van der Waals surface area contributed by atoms with Crippen LogP contribution in [0.5, 0.6) is 5.75 Å². The first-order chi connectivity index (χ1) is 12.0. The van der Waals surface area contributed by atoms with E-state index in [9.17, 15) is 9.59 Å². The van der Waals surface area contributed by atoms with Gasteiger partial charge in [0.2, 0.25) is 5.91 Å². The molecule has 0 fully saturated rings. The fraction of sp³-hybridized carbons (Fsp3) is 0.263. The van der Waals surface area contributed by atoms with Gasteiger partial charge in [-0.15, -0.1) is 0 Å². The van der Waals surface area contributed by atoms with Gasteiger partial charge in [-0.25, -0.2) is 0 Å². The Bertz CT molecular complexity index is 744. The van der Waals surface area contributed by atoms with Gasteiger partial charge < -0.3 is 20.7 Å². The number of benzene rings is 2. The lowest BCUT2D eigenvalue weighted by atomic mass is 10.2. The smallest absolute Gasteiger partial charge is 0.251 e. The summed E-state index contributed by atoms with van der Waals surface area (Å²) in [6, 6.07) is 14.2. The second-order valence-electron chi connectivity index (χ2n) is 5.76. The first-order valence-electron chi connectivity index (χ1n) is 8.10. The topological polar surface area (TPSA) is 79.5 Å². The van der Waals surface area contributed by atoms with E-state index < -0.39 is 0 Å². The lowest BCUT2D eigenvalue weighted by Gasteiger charge is -2.12. The van der Waals surface area contributed by atoms with Crippen molar-refractivity contribution in [3.63, 3.8) is 0 Å². The molecule has 0 unspecified atom stereocenters. The largest absolute Gasteiger partial charge is 0.491 e. The maximum absolute atomic E-state index is 12.1. The maximum Gasteiger partial charge on any atom is 0.251 e. The van der Waals surface area contributed by atoms with Crippen LogP contribution in [-0.4, -0.2) is 31.5 Å². The minimum Gasteiger partial charge on any atom is -0.491 e.